The first-order valence-electron chi connectivity index (χ1n) is 13.0. The Bertz CT molecular complexity index is 754. The molecule has 5 nitrogen and oxygen atoms in total. The SMILES string of the molecule is CCCCCCCCCCCCCCCCNc1cc(F)c(C(=O)NC(C)(C)C(=O)O)cc1F. The molecule has 1 amide bonds. The fraction of sp³-hybridized carbons (Fsp3) is 0.704. The molecule has 0 radical (unpaired) electrons. The Hall–Kier alpha value is -2.18. The van der Waals surface area contributed by atoms with Crippen LogP contribution in [-0.2, 0) is 4.79 Å². The van der Waals surface area contributed by atoms with Crippen LogP contribution in [0.3, 0.4) is 0 Å². The Morgan fingerprint density at radius 1 is 0.794 bits per heavy atom. The monoisotopic (exact) mass is 482 g/mol. The number of nitrogens with one attached hydrogen (secondary N) is 2. The van der Waals surface area contributed by atoms with Crippen LogP contribution < -0.4 is 10.6 Å². The van der Waals surface area contributed by atoms with Crippen LogP contribution in [0.5, 0.6) is 0 Å². The number of anilines is 1. The number of carboxylic acids is 1. The van der Waals surface area contributed by atoms with Gasteiger partial charge in [-0.05, 0) is 26.3 Å². The molecular weight excluding hydrogens is 438 g/mol. The van der Waals surface area contributed by atoms with E-state index >= 15 is 0 Å². The van der Waals surface area contributed by atoms with Crippen molar-refractivity contribution in [3.05, 3.63) is 29.3 Å². The molecule has 0 aliphatic carbocycles. The maximum Gasteiger partial charge on any atom is 0.328 e. The fourth-order valence-corrected chi connectivity index (χ4v) is 3.80. The molecule has 0 spiro atoms. The van der Waals surface area contributed by atoms with E-state index < -0.39 is 34.6 Å². The van der Waals surface area contributed by atoms with Gasteiger partial charge in [0.05, 0.1) is 11.3 Å². The molecule has 0 fully saturated rings. The van der Waals surface area contributed by atoms with E-state index in [1.54, 1.807) is 0 Å². The molecule has 0 aliphatic heterocycles. The van der Waals surface area contributed by atoms with Crippen molar-refractivity contribution in [2.24, 2.45) is 0 Å². The van der Waals surface area contributed by atoms with Crippen LogP contribution in [0.15, 0.2) is 12.1 Å². The zero-order chi connectivity index (χ0) is 25.4. The quantitative estimate of drug-likeness (QED) is 0.179. The van der Waals surface area contributed by atoms with Crippen molar-refractivity contribution in [2.45, 2.75) is 116 Å². The largest absolute Gasteiger partial charge is 0.480 e. The van der Waals surface area contributed by atoms with Crippen LogP contribution in [0.1, 0.15) is 121 Å². The second kappa shape index (κ2) is 16.4. The van der Waals surface area contributed by atoms with Crippen molar-refractivity contribution in [1.29, 1.82) is 0 Å². The first-order chi connectivity index (χ1) is 16.2. The molecule has 1 aromatic carbocycles. The normalized spacial score (nSPS) is 11.4. The number of carbonyl (C=O) groups is 2. The second-order valence-electron chi connectivity index (χ2n) is 9.72. The van der Waals surface area contributed by atoms with Gasteiger partial charge in [0.2, 0.25) is 0 Å². The third kappa shape index (κ3) is 11.8. The molecule has 0 aliphatic rings. The van der Waals surface area contributed by atoms with Crippen molar-refractivity contribution in [1.82, 2.24) is 5.32 Å². The lowest BCUT2D eigenvalue weighted by Gasteiger charge is -2.21. The lowest BCUT2D eigenvalue weighted by Crippen LogP contribution is -2.49. The molecule has 194 valence electrons. The number of aliphatic carboxylic acids is 1. The van der Waals surface area contributed by atoms with Gasteiger partial charge in [0.25, 0.3) is 5.91 Å². The Labute approximate surface area is 204 Å². The van der Waals surface area contributed by atoms with Gasteiger partial charge in [0.1, 0.15) is 17.2 Å². The van der Waals surface area contributed by atoms with E-state index in [1.807, 2.05) is 0 Å². The predicted molar refractivity (Wildman–Crippen MR) is 134 cm³/mol. The number of benzene rings is 1. The van der Waals surface area contributed by atoms with E-state index in [2.05, 4.69) is 17.6 Å². The number of halogens is 2. The highest BCUT2D eigenvalue weighted by Crippen LogP contribution is 2.21. The molecule has 0 aromatic heterocycles. The number of hydrogen-bond acceptors (Lipinski definition) is 3. The summed E-state index contributed by atoms with van der Waals surface area (Å²) in [6.07, 6.45) is 17.6. The summed E-state index contributed by atoms with van der Waals surface area (Å²) in [5.41, 5.74) is -2.11. The van der Waals surface area contributed by atoms with E-state index in [9.17, 15) is 18.4 Å². The molecule has 0 bridgehead atoms. The smallest absolute Gasteiger partial charge is 0.328 e. The summed E-state index contributed by atoms with van der Waals surface area (Å²) in [6, 6.07) is 1.75. The summed E-state index contributed by atoms with van der Waals surface area (Å²) >= 11 is 0. The summed E-state index contributed by atoms with van der Waals surface area (Å²) in [5, 5.41) is 14.2. The highest BCUT2D eigenvalue weighted by atomic mass is 19.1. The number of rotatable bonds is 19. The van der Waals surface area contributed by atoms with Gasteiger partial charge in [-0.25, -0.2) is 13.6 Å². The zero-order valence-electron chi connectivity index (χ0n) is 21.3. The maximum atomic E-state index is 14.3. The summed E-state index contributed by atoms with van der Waals surface area (Å²) < 4.78 is 28.7. The van der Waals surface area contributed by atoms with Crippen molar-refractivity contribution < 1.29 is 23.5 Å². The molecule has 0 unspecified atom stereocenters. The van der Waals surface area contributed by atoms with Crippen LogP contribution in [-0.4, -0.2) is 29.1 Å². The summed E-state index contributed by atoms with van der Waals surface area (Å²) in [6.45, 7) is 5.31. The predicted octanol–water partition coefficient (Wildman–Crippen LogP) is 7.45. The molecular formula is C27H44F2N2O3. The van der Waals surface area contributed by atoms with Gasteiger partial charge in [-0.1, -0.05) is 90.4 Å². The Kier molecular flexibility index (Phi) is 14.4. The van der Waals surface area contributed by atoms with Gasteiger partial charge in [0.15, 0.2) is 0 Å². The van der Waals surface area contributed by atoms with Gasteiger partial charge in [-0.2, -0.15) is 0 Å². The minimum Gasteiger partial charge on any atom is -0.480 e. The van der Waals surface area contributed by atoms with Crippen LogP contribution in [0, 0.1) is 11.6 Å². The van der Waals surface area contributed by atoms with E-state index in [-0.39, 0.29) is 5.69 Å². The highest BCUT2D eigenvalue weighted by molar-refractivity contribution is 5.98. The first kappa shape index (κ1) is 29.9. The van der Waals surface area contributed by atoms with Crippen molar-refractivity contribution in [3.8, 4) is 0 Å². The number of hydrogen-bond donors (Lipinski definition) is 3. The molecule has 3 N–H and O–H groups in total. The van der Waals surface area contributed by atoms with E-state index in [1.165, 1.54) is 84.5 Å². The van der Waals surface area contributed by atoms with Gasteiger partial charge in [-0.3, -0.25) is 4.79 Å². The maximum absolute atomic E-state index is 14.3. The lowest BCUT2D eigenvalue weighted by atomic mass is 10.0. The third-order valence-corrected chi connectivity index (χ3v) is 6.11. The van der Waals surface area contributed by atoms with Crippen molar-refractivity contribution in [3.63, 3.8) is 0 Å². The third-order valence-electron chi connectivity index (χ3n) is 6.11. The van der Waals surface area contributed by atoms with Gasteiger partial charge < -0.3 is 15.7 Å². The highest BCUT2D eigenvalue weighted by Gasteiger charge is 2.30. The van der Waals surface area contributed by atoms with Crippen LogP contribution in [0.4, 0.5) is 14.5 Å². The number of carboxylic acid groups (broad SMARTS) is 1. The van der Waals surface area contributed by atoms with Crippen molar-refractivity contribution >= 4 is 17.6 Å². The van der Waals surface area contributed by atoms with E-state index in [0.717, 1.165) is 31.4 Å². The molecule has 0 saturated carbocycles. The Balaban J connectivity index is 2.20. The van der Waals surface area contributed by atoms with Gasteiger partial charge >= 0.3 is 5.97 Å². The number of unbranched alkanes of at least 4 members (excludes halogenated alkanes) is 13. The molecule has 0 heterocycles. The molecule has 34 heavy (non-hydrogen) atoms. The van der Waals surface area contributed by atoms with Gasteiger partial charge in [-0.15, -0.1) is 0 Å². The minimum absolute atomic E-state index is 0.00115. The fourth-order valence-electron chi connectivity index (χ4n) is 3.80. The Morgan fingerprint density at radius 3 is 1.74 bits per heavy atom. The molecule has 7 heteroatoms. The molecule has 1 aromatic rings. The van der Waals surface area contributed by atoms with E-state index in [0.29, 0.717) is 6.54 Å². The summed E-state index contributed by atoms with van der Waals surface area (Å²) in [7, 11) is 0. The van der Waals surface area contributed by atoms with Crippen LogP contribution in [0.25, 0.3) is 0 Å². The second-order valence-corrected chi connectivity index (χ2v) is 9.72. The number of amides is 1. The minimum atomic E-state index is -1.59. The first-order valence-corrected chi connectivity index (χ1v) is 13.0. The standard InChI is InChI=1S/C27H44F2N2O3/c1-4-5-6-7-8-9-10-11-12-13-14-15-16-17-18-30-24-20-22(28)21(19-23(24)29)25(32)31-27(2,3)26(33)34/h19-20,30H,4-18H2,1-3H3,(H,31,32)(H,33,34). The molecule has 1 rings (SSSR count). The van der Waals surface area contributed by atoms with Crippen molar-refractivity contribution in [2.75, 3.05) is 11.9 Å². The topological polar surface area (TPSA) is 78.4 Å². The average molecular weight is 483 g/mol. The van der Waals surface area contributed by atoms with E-state index in [4.69, 9.17) is 5.11 Å². The van der Waals surface area contributed by atoms with Crippen LogP contribution in [0.2, 0.25) is 0 Å². The lowest BCUT2D eigenvalue weighted by molar-refractivity contribution is -0.143. The molecule has 0 saturated heterocycles. The Morgan fingerprint density at radius 2 is 1.26 bits per heavy atom. The number of carbonyl (C=O) groups excluding carboxylic acids is 1. The van der Waals surface area contributed by atoms with Gasteiger partial charge in [0, 0.05) is 12.6 Å². The average Bonchev–Trinajstić information content (AvgIpc) is 2.77. The van der Waals surface area contributed by atoms with Crippen LogP contribution >= 0.6 is 0 Å². The molecule has 0 atom stereocenters. The summed E-state index contributed by atoms with van der Waals surface area (Å²) in [5.74, 6) is -3.89. The zero-order valence-corrected chi connectivity index (χ0v) is 21.3. The summed E-state index contributed by atoms with van der Waals surface area (Å²) in [4.78, 5) is 23.3.